The van der Waals surface area contributed by atoms with Crippen molar-refractivity contribution >= 4 is 11.6 Å². The highest BCUT2D eigenvalue weighted by molar-refractivity contribution is 6.29. The number of halogens is 4. The van der Waals surface area contributed by atoms with E-state index >= 15 is 0 Å². The number of rotatable bonds is 1. The van der Waals surface area contributed by atoms with Gasteiger partial charge in [-0.15, -0.1) is 0 Å². The summed E-state index contributed by atoms with van der Waals surface area (Å²) in [6.07, 6.45) is -3.17. The second-order valence-corrected chi connectivity index (χ2v) is 4.03. The van der Waals surface area contributed by atoms with Crippen LogP contribution in [0.3, 0.4) is 0 Å². The maximum absolute atomic E-state index is 12.4. The lowest BCUT2D eigenvalue weighted by atomic mass is 10.1. The molecule has 0 radical (unpaired) electrons. The molecule has 0 amide bonds. The highest BCUT2D eigenvalue weighted by atomic mass is 35.5. The fourth-order valence-electron chi connectivity index (χ4n) is 1.70. The SMILES string of the molecule is FC(F)(F)c1cc(Cl)n(C2CCOCC2)n1. The fourth-order valence-corrected chi connectivity index (χ4v) is 1.98. The third-order valence-corrected chi connectivity index (χ3v) is 2.80. The molecule has 0 spiro atoms. The van der Waals surface area contributed by atoms with Crippen LogP contribution in [0, 0.1) is 0 Å². The molecule has 0 aliphatic carbocycles. The highest BCUT2D eigenvalue weighted by Crippen LogP contribution is 2.32. The van der Waals surface area contributed by atoms with E-state index in [4.69, 9.17) is 16.3 Å². The maximum atomic E-state index is 12.4. The molecule has 2 heterocycles. The van der Waals surface area contributed by atoms with Gasteiger partial charge < -0.3 is 4.74 Å². The van der Waals surface area contributed by atoms with Crippen molar-refractivity contribution in [3.8, 4) is 0 Å². The maximum Gasteiger partial charge on any atom is 0.435 e. The van der Waals surface area contributed by atoms with Gasteiger partial charge in [-0.2, -0.15) is 18.3 Å². The lowest BCUT2D eigenvalue weighted by molar-refractivity contribution is -0.141. The Bertz CT molecular complexity index is 371. The number of hydrogen-bond acceptors (Lipinski definition) is 2. The third-order valence-electron chi connectivity index (χ3n) is 2.52. The molecule has 7 heteroatoms. The number of ether oxygens (including phenoxy) is 1. The van der Waals surface area contributed by atoms with Crippen molar-refractivity contribution in [3.63, 3.8) is 0 Å². The molecular formula is C9H10ClF3N2O. The second kappa shape index (κ2) is 4.25. The van der Waals surface area contributed by atoms with Crippen molar-refractivity contribution in [3.05, 3.63) is 16.9 Å². The second-order valence-electron chi connectivity index (χ2n) is 3.64. The zero-order valence-electron chi connectivity index (χ0n) is 8.30. The summed E-state index contributed by atoms with van der Waals surface area (Å²) in [7, 11) is 0. The Morgan fingerprint density at radius 2 is 2.00 bits per heavy atom. The summed E-state index contributed by atoms with van der Waals surface area (Å²) in [5.41, 5.74) is -0.941. The Hall–Kier alpha value is -0.750. The largest absolute Gasteiger partial charge is 0.435 e. The summed E-state index contributed by atoms with van der Waals surface area (Å²) in [5, 5.41) is 3.54. The van der Waals surface area contributed by atoms with Gasteiger partial charge in [-0.05, 0) is 12.8 Å². The van der Waals surface area contributed by atoms with Crippen molar-refractivity contribution in [2.45, 2.75) is 25.1 Å². The van der Waals surface area contributed by atoms with Crippen LogP contribution in [0.4, 0.5) is 13.2 Å². The Balaban J connectivity index is 2.24. The van der Waals surface area contributed by atoms with Crippen molar-refractivity contribution in [2.24, 2.45) is 0 Å². The van der Waals surface area contributed by atoms with Crippen LogP contribution in [0.1, 0.15) is 24.6 Å². The molecule has 0 unspecified atom stereocenters. The van der Waals surface area contributed by atoms with Gasteiger partial charge in [0.2, 0.25) is 0 Å². The molecular weight excluding hydrogens is 245 g/mol. The van der Waals surface area contributed by atoms with Gasteiger partial charge in [0.05, 0.1) is 6.04 Å². The van der Waals surface area contributed by atoms with Gasteiger partial charge in [0.1, 0.15) is 5.15 Å². The van der Waals surface area contributed by atoms with Crippen LogP contribution in [-0.4, -0.2) is 23.0 Å². The summed E-state index contributed by atoms with van der Waals surface area (Å²) in [6, 6.07) is 0.758. The zero-order valence-corrected chi connectivity index (χ0v) is 9.05. The van der Waals surface area contributed by atoms with Crippen LogP contribution in [0.25, 0.3) is 0 Å². The fraction of sp³-hybridized carbons (Fsp3) is 0.667. The Morgan fingerprint density at radius 3 is 2.50 bits per heavy atom. The molecule has 1 aliphatic heterocycles. The molecule has 2 rings (SSSR count). The number of aromatic nitrogens is 2. The van der Waals surface area contributed by atoms with Crippen molar-refractivity contribution in [2.75, 3.05) is 13.2 Å². The van der Waals surface area contributed by atoms with Crippen LogP contribution >= 0.6 is 11.6 Å². The lowest BCUT2D eigenvalue weighted by Crippen LogP contribution is -2.21. The summed E-state index contributed by atoms with van der Waals surface area (Å²) < 4.78 is 43.5. The van der Waals surface area contributed by atoms with Gasteiger partial charge in [-0.25, -0.2) is 0 Å². The average Bonchev–Trinajstić information content (AvgIpc) is 2.61. The monoisotopic (exact) mass is 254 g/mol. The third kappa shape index (κ3) is 2.32. The van der Waals surface area contributed by atoms with Crippen LogP contribution in [0.5, 0.6) is 0 Å². The lowest BCUT2D eigenvalue weighted by Gasteiger charge is -2.22. The number of alkyl halides is 3. The first-order chi connectivity index (χ1) is 7.48. The van der Waals surface area contributed by atoms with Gasteiger partial charge >= 0.3 is 6.18 Å². The topological polar surface area (TPSA) is 27.1 Å². The van der Waals surface area contributed by atoms with Crippen molar-refractivity contribution in [1.29, 1.82) is 0 Å². The highest BCUT2D eigenvalue weighted by Gasteiger charge is 2.35. The molecule has 0 bridgehead atoms. The normalized spacial score (nSPS) is 19.0. The standard InChI is InChI=1S/C9H10ClF3N2O/c10-8-5-7(9(11,12)13)14-15(8)6-1-3-16-4-2-6/h5-6H,1-4H2. The van der Waals surface area contributed by atoms with E-state index in [0.29, 0.717) is 26.1 Å². The number of hydrogen-bond donors (Lipinski definition) is 0. The van der Waals surface area contributed by atoms with Crippen LogP contribution < -0.4 is 0 Å². The predicted octanol–water partition coefficient (Wildman–Crippen LogP) is 2.91. The zero-order chi connectivity index (χ0) is 11.8. The van der Waals surface area contributed by atoms with Gasteiger partial charge in [-0.1, -0.05) is 11.6 Å². The van der Waals surface area contributed by atoms with Crippen LogP contribution in [0.15, 0.2) is 6.07 Å². The van der Waals surface area contributed by atoms with Gasteiger partial charge in [0.15, 0.2) is 5.69 Å². The van der Waals surface area contributed by atoms with Crippen LogP contribution in [-0.2, 0) is 10.9 Å². The van der Waals surface area contributed by atoms with E-state index in [1.54, 1.807) is 0 Å². The minimum Gasteiger partial charge on any atom is -0.381 e. The van der Waals surface area contributed by atoms with E-state index in [9.17, 15) is 13.2 Å². The van der Waals surface area contributed by atoms with E-state index in [1.807, 2.05) is 0 Å². The molecule has 0 saturated carbocycles. The molecule has 0 N–H and O–H groups in total. The average molecular weight is 255 g/mol. The quantitative estimate of drug-likeness (QED) is 0.771. The first-order valence-electron chi connectivity index (χ1n) is 4.88. The van der Waals surface area contributed by atoms with E-state index in [1.165, 1.54) is 4.68 Å². The van der Waals surface area contributed by atoms with E-state index < -0.39 is 11.9 Å². The minimum atomic E-state index is -4.44. The van der Waals surface area contributed by atoms with E-state index in [-0.39, 0.29) is 11.2 Å². The first-order valence-corrected chi connectivity index (χ1v) is 5.26. The molecule has 1 saturated heterocycles. The summed E-state index contributed by atoms with van der Waals surface area (Å²) in [4.78, 5) is 0. The number of nitrogens with zero attached hydrogens (tertiary/aromatic N) is 2. The Labute approximate surface area is 95.1 Å². The van der Waals surface area contributed by atoms with Crippen molar-refractivity contribution in [1.82, 2.24) is 9.78 Å². The minimum absolute atomic E-state index is 0.0271. The molecule has 90 valence electrons. The van der Waals surface area contributed by atoms with E-state index in [2.05, 4.69) is 5.10 Å². The van der Waals surface area contributed by atoms with Crippen molar-refractivity contribution < 1.29 is 17.9 Å². The molecule has 1 aliphatic rings. The molecule has 1 fully saturated rings. The Morgan fingerprint density at radius 1 is 1.38 bits per heavy atom. The molecule has 16 heavy (non-hydrogen) atoms. The Kier molecular flexibility index (Phi) is 3.12. The molecule has 1 aromatic heterocycles. The van der Waals surface area contributed by atoms with E-state index in [0.717, 1.165) is 6.07 Å². The molecule has 1 aromatic rings. The van der Waals surface area contributed by atoms with Crippen LogP contribution in [0.2, 0.25) is 5.15 Å². The summed E-state index contributed by atoms with van der Waals surface area (Å²) in [6.45, 7) is 1.06. The first kappa shape index (κ1) is 11.7. The predicted molar refractivity (Wildman–Crippen MR) is 51.3 cm³/mol. The summed E-state index contributed by atoms with van der Waals surface area (Å²) in [5.74, 6) is 0. The molecule has 0 atom stereocenters. The van der Waals surface area contributed by atoms with Gasteiger partial charge in [0, 0.05) is 19.3 Å². The van der Waals surface area contributed by atoms with Gasteiger partial charge in [0.25, 0.3) is 0 Å². The van der Waals surface area contributed by atoms with Gasteiger partial charge in [-0.3, -0.25) is 4.68 Å². The molecule has 3 nitrogen and oxygen atoms in total. The smallest absolute Gasteiger partial charge is 0.381 e. The molecule has 0 aromatic carbocycles. The summed E-state index contributed by atoms with van der Waals surface area (Å²) >= 11 is 5.74.